The second-order valence-corrected chi connectivity index (χ2v) is 7.55. The molecule has 0 aromatic heterocycles. The van der Waals surface area contributed by atoms with Crippen molar-refractivity contribution in [1.82, 2.24) is 16.0 Å². The minimum Gasteiger partial charge on any atom is -0.370 e. The van der Waals surface area contributed by atoms with Crippen LogP contribution in [0.2, 0.25) is 0 Å². The van der Waals surface area contributed by atoms with Crippen LogP contribution >= 0.6 is 12.4 Å². The second kappa shape index (κ2) is 14.7. The SMILES string of the molecule is CC(C)C[C@H](NC(=O)Cc1ccccc1[N+](=O)[O-])C(=O)N[C@H](C=O)CCCNC(=N)N.Cl. The van der Waals surface area contributed by atoms with Crippen molar-refractivity contribution in [3.63, 3.8) is 0 Å². The number of nitro groups is 1. The summed E-state index contributed by atoms with van der Waals surface area (Å²) in [4.78, 5) is 47.1. The summed E-state index contributed by atoms with van der Waals surface area (Å²) in [6, 6.07) is 4.29. The molecule has 2 amide bonds. The lowest BCUT2D eigenvalue weighted by Gasteiger charge is -2.22. The predicted octanol–water partition coefficient (Wildman–Crippen LogP) is 1.04. The molecule has 0 radical (unpaired) electrons. The third kappa shape index (κ3) is 10.7. The van der Waals surface area contributed by atoms with E-state index in [1.807, 2.05) is 13.8 Å². The summed E-state index contributed by atoms with van der Waals surface area (Å²) in [5, 5.41) is 26.1. The van der Waals surface area contributed by atoms with E-state index in [4.69, 9.17) is 11.1 Å². The number of rotatable bonds is 13. The molecule has 0 aliphatic rings. The van der Waals surface area contributed by atoms with Gasteiger partial charge in [-0.1, -0.05) is 32.0 Å². The molecular formula is C20H31ClN6O5. The van der Waals surface area contributed by atoms with E-state index < -0.39 is 28.8 Å². The number of benzene rings is 1. The predicted molar refractivity (Wildman–Crippen MR) is 123 cm³/mol. The van der Waals surface area contributed by atoms with E-state index in [9.17, 15) is 24.5 Å². The molecular weight excluding hydrogens is 440 g/mol. The smallest absolute Gasteiger partial charge is 0.273 e. The molecule has 0 bridgehead atoms. The van der Waals surface area contributed by atoms with Crippen molar-refractivity contribution in [2.75, 3.05) is 6.54 Å². The molecule has 0 fully saturated rings. The number of aldehydes is 1. The van der Waals surface area contributed by atoms with Crippen LogP contribution in [0.5, 0.6) is 0 Å². The summed E-state index contributed by atoms with van der Waals surface area (Å²) in [6.45, 7) is 4.16. The van der Waals surface area contributed by atoms with Gasteiger partial charge in [0.15, 0.2) is 5.96 Å². The van der Waals surface area contributed by atoms with Crippen molar-refractivity contribution in [3.8, 4) is 0 Å². The number of nitrogens with one attached hydrogen (secondary N) is 4. The van der Waals surface area contributed by atoms with Gasteiger partial charge in [0.05, 0.1) is 17.4 Å². The fourth-order valence-corrected chi connectivity index (χ4v) is 2.96. The maximum atomic E-state index is 12.7. The monoisotopic (exact) mass is 470 g/mol. The Morgan fingerprint density at radius 2 is 1.91 bits per heavy atom. The Morgan fingerprint density at radius 3 is 2.47 bits per heavy atom. The number of nitro benzene ring substituents is 1. The summed E-state index contributed by atoms with van der Waals surface area (Å²) in [5.74, 6) is -1.12. The van der Waals surface area contributed by atoms with Crippen LogP contribution in [0.4, 0.5) is 5.69 Å². The fraction of sp³-hybridized carbons (Fsp3) is 0.500. The topological polar surface area (TPSA) is 180 Å². The average Bonchev–Trinajstić information content (AvgIpc) is 2.69. The first-order valence-corrected chi connectivity index (χ1v) is 9.99. The minimum atomic E-state index is -0.881. The van der Waals surface area contributed by atoms with E-state index in [0.29, 0.717) is 32.1 Å². The molecule has 0 aliphatic carbocycles. The molecule has 0 heterocycles. The van der Waals surface area contributed by atoms with Crippen molar-refractivity contribution in [1.29, 1.82) is 5.41 Å². The largest absolute Gasteiger partial charge is 0.370 e. The lowest BCUT2D eigenvalue weighted by atomic mass is 10.0. The van der Waals surface area contributed by atoms with Crippen molar-refractivity contribution in [2.24, 2.45) is 11.7 Å². The third-order valence-electron chi connectivity index (χ3n) is 4.40. The van der Waals surface area contributed by atoms with E-state index in [1.165, 1.54) is 18.2 Å². The van der Waals surface area contributed by atoms with Crippen LogP contribution in [0.25, 0.3) is 0 Å². The maximum Gasteiger partial charge on any atom is 0.273 e. The van der Waals surface area contributed by atoms with Gasteiger partial charge in [-0.3, -0.25) is 25.1 Å². The molecule has 0 unspecified atom stereocenters. The first-order valence-electron chi connectivity index (χ1n) is 9.99. The Labute approximate surface area is 193 Å². The van der Waals surface area contributed by atoms with Gasteiger partial charge in [0.2, 0.25) is 11.8 Å². The number of nitrogens with two attached hydrogens (primary N) is 1. The normalized spacial score (nSPS) is 12.1. The molecule has 12 heteroatoms. The summed E-state index contributed by atoms with van der Waals surface area (Å²) in [6.07, 6.45) is 1.56. The van der Waals surface area contributed by atoms with Gasteiger partial charge in [-0.2, -0.15) is 0 Å². The number of carbonyl (C=O) groups excluding carboxylic acids is 3. The number of amides is 2. The lowest BCUT2D eigenvalue weighted by Crippen LogP contribution is -2.51. The minimum absolute atomic E-state index is 0. The third-order valence-corrected chi connectivity index (χ3v) is 4.40. The Hall–Kier alpha value is -3.21. The highest BCUT2D eigenvalue weighted by molar-refractivity contribution is 5.90. The van der Waals surface area contributed by atoms with Crippen molar-refractivity contribution in [3.05, 3.63) is 39.9 Å². The van der Waals surface area contributed by atoms with E-state index in [-0.39, 0.29) is 42.0 Å². The standard InChI is InChI=1S/C20H30N6O5.ClH/c1-13(2)10-16(19(29)24-15(12-27)7-5-9-23-20(21)22)25-18(28)11-14-6-3-4-8-17(14)26(30)31;/h3-4,6,8,12-13,15-16H,5,7,9-11H2,1-2H3,(H,24,29)(H,25,28)(H4,21,22,23);1H/t15-,16-;/m0./s1. The zero-order chi connectivity index (χ0) is 23.4. The number of hydrogen-bond acceptors (Lipinski definition) is 6. The van der Waals surface area contributed by atoms with Crippen molar-refractivity contribution >= 4 is 42.2 Å². The van der Waals surface area contributed by atoms with E-state index >= 15 is 0 Å². The summed E-state index contributed by atoms with van der Waals surface area (Å²) < 4.78 is 0. The van der Waals surface area contributed by atoms with E-state index in [0.717, 1.165) is 0 Å². The molecule has 2 atom stereocenters. The van der Waals surface area contributed by atoms with E-state index in [2.05, 4.69) is 16.0 Å². The van der Waals surface area contributed by atoms with Crippen LogP contribution in [0.1, 0.15) is 38.7 Å². The summed E-state index contributed by atoms with van der Waals surface area (Å²) in [7, 11) is 0. The molecule has 1 aromatic rings. The number of nitrogens with zero attached hydrogens (tertiary/aromatic N) is 1. The molecule has 178 valence electrons. The van der Waals surface area contributed by atoms with Crippen molar-refractivity contribution in [2.45, 2.75) is 51.6 Å². The average molecular weight is 471 g/mol. The van der Waals surface area contributed by atoms with Crippen molar-refractivity contribution < 1.29 is 19.3 Å². The van der Waals surface area contributed by atoms with Crippen LogP contribution < -0.4 is 21.7 Å². The van der Waals surface area contributed by atoms with Gasteiger partial charge in [-0.05, 0) is 25.2 Å². The Balaban J connectivity index is 0.00000961. The molecule has 1 aromatic carbocycles. The molecule has 0 aliphatic heterocycles. The highest BCUT2D eigenvalue weighted by Gasteiger charge is 2.25. The Kier molecular flexibility index (Phi) is 13.3. The number of guanidine groups is 1. The van der Waals surface area contributed by atoms with Crippen LogP contribution in [0.15, 0.2) is 24.3 Å². The van der Waals surface area contributed by atoms with Crippen LogP contribution in [-0.2, 0) is 20.8 Å². The number of hydrogen-bond donors (Lipinski definition) is 5. The highest BCUT2D eigenvalue weighted by atomic mass is 35.5. The summed E-state index contributed by atoms with van der Waals surface area (Å²) >= 11 is 0. The molecule has 0 spiro atoms. The summed E-state index contributed by atoms with van der Waals surface area (Å²) in [5.41, 5.74) is 5.27. The lowest BCUT2D eigenvalue weighted by molar-refractivity contribution is -0.385. The first kappa shape index (κ1) is 28.8. The molecule has 11 nitrogen and oxygen atoms in total. The van der Waals surface area contributed by atoms with Gasteiger partial charge in [0.25, 0.3) is 5.69 Å². The first-order chi connectivity index (χ1) is 14.6. The Bertz CT molecular complexity index is 804. The second-order valence-electron chi connectivity index (χ2n) is 7.55. The molecule has 6 N–H and O–H groups in total. The maximum absolute atomic E-state index is 12.7. The molecule has 0 saturated carbocycles. The Morgan fingerprint density at radius 1 is 1.25 bits per heavy atom. The highest BCUT2D eigenvalue weighted by Crippen LogP contribution is 2.18. The zero-order valence-electron chi connectivity index (χ0n) is 18.1. The van der Waals surface area contributed by atoms with Crippen LogP contribution in [-0.4, -0.2) is 47.6 Å². The molecule has 0 saturated heterocycles. The van der Waals surface area contributed by atoms with Gasteiger partial charge >= 0.3 is 0 Å². The van der Waals surface area contributed by atoms with Gasteiger partial charge < -0.3 is 26.5 Å². The zero-order valence-corrected chi connectivity index (χ0v) is 18.9. The van der Waals surface area contributed by atoms with E-state index in [1.54, 1.807) is 6.07 Å². The van der Waals surface area contributed by atoms with Gasteiger partial charge in [0, 0.05) is 18.2 Å². The molecule has 1 rings (SSSR count). The van der Waals surface area contributed by atoms with Crippen LogP contribution in [0, 0.1) is 21.4 Å². The van der Waals surface area contributed by atoms with Gasteiger partial charge in [0.1, 0.15) is 12.3 Å². The molecule has 32 heavy (non-hydrogen) atoms. The number of para-hydroxylation sites is 1. The fourth-order valence-electron chi connectivity index (χ4n) is 2.96. The quantitative estimate of drug-likeness (QED) is 0.0712. The van der Waals surface area contributed by atoms with Gasteiger partial charge in [-0.15, -0.1) is 12.4 Å². The number of carbonyl (C=O) groups is 3. The van der Waals surface area contributed by atoms with Crippen LogP contribution in [0.3, 0.4) is 0 Å². The number of halogens is 1. The van der Waals surface area contributed by atoms with Gasteiger partial charge in [-0.25, -0.2) is 0 Å².